The van der Waals surface area contributed by atoms with Crippen LogP contribution in [-0.4, -0.2) is 66.7 Å². The Balaban J connectivity index is 1.38. The van der Waals surface area contributed by atoms with Crippen LogP contribution in [-0.2, 0) is 11.2 Å². The monoisotopic (exact) mass is 414 g/mol. The molecule has 4 rings (SSSR count). The molecule has 2 aliphatic heterocycles. The average molecular weight is 415 g/mol. The lowest BCUT2D eigenvalue weighted by molar-refractivity contribution is -0.132. The first kappa shape index (κ1) is 20.7. The van der Waals surface area contributed by atoms with E-state index in [0.717, 1.165) is 56.0 Å². The minimum absolute atomic E-state index is 0.132. The van der Waals surface area contributed by atoms with E-state index in [1.165, 1.54) is 0 Å². The smallest absolute Gasteiger partial charge is 0.227 e. The third kappa shape index (κ3) is 4.01. The summed E-state index contributed by atoms with van der Waals surface area (Å²) in [6.07, 6.45) is 3.31. The van der Waals surface area contributed by atoms with Crippen molar-refractivity contribution in [2.24, 2.45) is 5.41 Å². The molecule has 2 saturated heterocycles. The predicted octanol–water partition coefficient (Wildman–Crippen LogP) is 2.62. The minimum atomic E-state index is 0.132. The second kappa shape index (κ2) is 8.26. The molecule has 0 aliphatic carbocycles. The Hall–Kier alpha value is -2.61. The van der Waals surface area contributed by atoms with Crippen molar-refractivity contribution >= 4 is 5.91 Å². The predicted molar refractivity (Wildman–Crippen MR) is 111 cm³/mol. The Labute approximate surface area is 177 Å². The van der Waals surface area contributed by atoms with Gasteiger partial charge < -0.3 is 18.9 Å². The maximum absolute atomic E-state index is 13.0. The van der Waals surface area contributed by atoms with E-state index in [2.05, 4.69) is 22.1 Å². The number of likely N-dealkylation sites (tertiary alicyclic amines) is 2. The molecule has 162 valence electrons. The Kier molecular flexibility index (Phi) is 5.69. The highest BCUT2D eigenvalue weighted by molar-refractivity contribution is 5.79. The molecule has 2 aliphatic rings. The molecule has 1 unspecified atom stereocenters. The maximum atomic E-state index is 13.0. The maximum Gasteiger partial charge on any atom is 0.227 e. The van der Waals surface area contributed by atoms with Crippen LogP contribution in [0.5, 0.6) is 11.5 Å². The van der Waals surface area contributed by atoms with Gasteiger partial charge in [0.25, 0.3) is 0 Å². The first-order chi connectivity index (χ1) is 14.4. The summed E-state index contributed by atoms with van der Waals surface area (Å²) in [5, 5.41) is 4.13. The Bertz CT molecular complexity index is 904. The molecular weight excluding hydrogens is 384 g/mol. The number of carbonyl (C=O) groups excluding carboxylic acids is 1. The molecule has 8 heteroatoms. The van der Waals surface area contributed by atoms with Gasteiger partial charge in [-0.1, -0.05) is 5.16 Å². The molecule has 1 amide bonds. The number of methoxy groups -OCH3 is 2. The summed E-state index contributed by atoms with van der Waals surface area (Å²) in [6.45, 7) is 4.37. The zero-order chi connectivity index (χ0) is 21.3. The summed E-state index contributed by atoms with van der Waals surface area (Å²) in [6, 6.07) is 5.76. The van der Waals surface area contributed by atoms with Crippen molar-refractivity contribution < 1.29 is 18.8 Å². The number of ether oxygens (including phenoxy) is 2. The number of hydrogen-bond acceptors (Lipinski definition) is 7. The van der Waals surface area contributed by atoms with Gasteiger partial charge in [-0.15, -0.1) is 0 Å². The summed E-state index contributed by atoms with van der Waals surface area (Å²) >= 11 is 0. The molecule has 1 spiro atoms. The Morgan fingerprint density at radius 1 is 1.27 bits per heavy atom. The molecule has 1 aromatic carbocycles. The highest BCUT2D eigenvalue weighted by atomic mass is 16.5. The van der Waals surface area contributed by atoms with Gasteiger partial charge >= 0.3 is 0 Å². The number of rotatable bonds is 5. The van der Waals surface area contributed by atoms with Crippen LogP contribution in [0.4, 0.5) is 0 Å². The lowest BCUT2D eigenvalue weighted by atomic mass is 9.76. The van der Waals surface area contributed by atoms with Gasteiger partial charge in [0.05, 0.1) is 26.7 Å². The molecule has 2 fully saturated rings. The molecule has 0 bridgehead atoms. The summed E-state index contributed by atoms with van der Waals surface area (Å²) < 4.78 is 15.9. The number of aryl methyl sites for hydroxylation is 1. The van der Waals surface area contributed by atoms with Crippen molar-refractivity contribution in [1.82, 2.24) is 19.9 Å². The van der Waals surface area contributed by atoms with E-state index in [1.54, 1.807) is 14.2 Å². The third-order valence-electron chi connectivity index (χ3n) is 6.59. The molecule has 0 saturated carbocycles. The number of amides is 1. The summed E-state index contributed by atoms with van der Waals surface area (Å²) in [5.41, 5.74) is 1.06. The highest BCUT2D eigenvalue weighted by Crippen LogP contribution is 2.47. The fourth-order valence-electron chi connectivity index (χ4n) is 4.90. The van der Waals surface area contributed by atoms with Gasteiger partial charge in [0, 0.05) is 32.1 Å². The average Bonchev–Trinajstić information content (AvgIpc) is 3.31. The van der Waals surface area contributed by atoms with Crippen LogP contribution < -0.4 is 9.47 Å². The fourth-order valence-corrected chi connectivity index (χ4v) is 4.90. The van der Waals surface area contributed by atoms with Gasteiger partial charge in [0.15, 0.2) is 5.82 Å². The Morgan fingerprint density at radius 2 is 2.03 bits per heavy atom. The third-order valence-corrected chi connectivity index (χ3v) is 6.59. The molecular formula is C22H30N4O4. The van der Waals surface area contributed by atoms with Crippen molar-refractivity contribution in [3.8, 4) is 11.5 Å². The second-order valence-corrected chi connectivity index (χ2v) is 8.54. The van der Waals surface area contributed by atoms with E-state index in [9.17, 15) is 4.79 Å². The largest absolute Gasteiger partial charge is 0.497 e. The summed E-state index contributed by atoms with van der Waals surface area (Å²) in [7, 11) is 5.37. The molecule has 0 N–H and O–H groups in total. The van der Waals surface area contributed by atoms with Gasteiger partial charge in [0.2, 0.25) is 11.8 Å². The van der Waals surface area contributed by atoms with E-state index < -0.39 is 0 Å². The zero-order valence-corrected chi connectivity index (χ0v) is 18.2. The molecule has 3 heterocycles. The molecule has 2 aromatic rings. The lowest BCUT2D eigenvalue weighted by Gasteiger charge is -2.39. The summed E-state index contributed by atoms with van der Waals surface area (Å²) in [4.78, 5) is 21.7. The molecule has 8 nitrogen and oxygen atoms in total. The van der Waals surface area contributed by atoms with Gasteiger partial charge in [-0.05, 0) is 49.9 Å². The number of carbonyl (C=O) groups is 1. The number of nitrogens with zero attached hydrogens (tertiary/aromatic N) is 4. The van der Waals surface area contributed by atoms with E-state index in [1.807, 2.05) is 30.0 Å². The zero-order valence-electron chi connectivity index (χ0n) is 18.2. The summed E-state index contributed by atoms with van der Waals surface area (Å²) in [5.74, 6) is 2.96. The number of hydrogen-bond donors (Lipinski definition) is 0. The molecule has 1 aromatic heterocycles. The molecule has 30 heavy (non-hydrogen) atoms. The van der Waals surface area contributed by atoms with Crippen LogP contribution in [0.1, 0.15) is 42.6 Å². The van der Waals surface area contributed by atoms with E-state index in [-0.39, 0.29) is 17.4 Å². The fraction of sp³-hybridized carbons (Fsp3) is 0.591. The normalized spacial score (nSPS) is 21.2. The SMILES string of the molecule is COc1ccc(OC)c(CC(=O)N2CCC3(CC2)CC(c2noc(C)n2)N(C)C3)c1. The first-order valence-electron chi connectivity index (χ1n) is 10.4. The van der Waals surface area contributed by atoms with Crippen molar-refractivity contribution in [3.63, 3.8) is 0 Å². The second-order valence-electron chi connectivity index (χ2n) is 8.54. The molecule has 1 atom stereocenters. The van der Waals surface area contributed by atoms with Crippen molar-refractivity contribution in [1.29, 1.82) is 0 Å². The molecule has 0 radical (unpaired) electrons. The van der Waals surface area contributed by atoms with Crippen LogP contribution in [0.2, 0.25) is 0 Å². The van der Waals surface area contributed by atoms with E-state index in [4.69, 9.17) is 14.0 Å². The van der Waals surface area contributed by atoms with E-state index >= 15 is 0 Å². The van der Waals surface area contributed by atoms with Gasteiger partial charge in [0.1, 0.15) is 11.5 Å². The first-order valence-corrected chi connectivity index (χ1v) is 10.4. The standard InChI is InChI=1S/C22H30N4O4/c1-15-23-21(24-30-15)18-13-22(14-25(18)2)7-9-26(10-8-22)20(27)12-16-11-17(28-3)5-6-19(16)29-4/h5-6,11,18H,7-10,12-14H2,1-4H3. The van der Waals surface area contributed by atoms with Crippen LogP contribution in [0.3, 0.4) is 0 Å². The number of aromatic nitrogens is 2. The minimum Gasteiger partial charge on any atom is -0.497 e. The lowest BCUT2D eigenvalue weighted by Crippen LogP contribution is -2.44. The van der Waals surface area contributed by atoms with Crippen LogP contribution >= 0.6 is 0 Å². The highest BCUT2D eigenvalue weighted by Gasteiger charge is 2.46. The van der Waals surface area contributed by atoms with Crippen LogP contribution in [0, 0.1) is 12.3 Å². The topological polar surface area (TPSA) is 80.9 Å². The Morgan fingerprint density at radius 3 is 2.67 bits per heavy atom. The number of benzene rings is 1. The van der Waals surface area contributed by atoms with Crippen molar-refractivity contribution in [2.45, 2.75) is 38.6 Å². The van der Waals surface area contributed by atoms with Gasteiger partial charge in [-0.2, -0.15) is 4.98 Å². The van der Waals surface area contributed by atoms with Crippen molar-refractivity contribution in [2.75, 3.05) is 40.9 Å². The van der Waals surface area contributed by atoms with Gasteiger partial charge in [-0.25, -0.2) is 0 Å². The number of piperidine rings is 1. The van der Waals surface area contributed by atoms with Crippen LogP contribution in [0.15, 0.2) is 22.7 Å². The van der Waals surface area contributed by atoms with Crippen LogP contribution in [0.25, 0.3) is 0 Å². The van der Waals surface area contributed by atoms with Gasteiger partial charge in [-0.3, -0.25) is 9.69 Å². The van der Waals surface area contributed by atoms with Crippen molar-refractivity contribution in [3.05, 3.63) is 35.5 Å². The quantitative estimate of drug-likeness (QED) is 0.744. The van der Waals surface area contributed by atoms with E-state index in [0.29, 0.717) is 18.1 Å².